The van der Waals surface area contributed by atoms with Crippen LogP contribution in [0.15, 0.2) is 91.0 Å². The van der Waals surface area contributed by atoms with Crippen LogP contribution in [0.2, 0.25) is 0 Å². The van der Waals surface area contributed by atoms with E-state index in [1.165, 1.54) is 10.5 Å². The van der Waals surface area contributed by atoms with Crippen LogP contribution in [0.5, 0.6) is 0 Å². The Morgan fingerprint density at radius 2 is 1.14 bits per heavy atom. The van der Waals surface area contributed by atoms with Gasteiger partial charge in [-0.25, -0.2) is 4.68 Å². The van der Waals surface area contributed by atoms with Crippen molar-refractivity contribution in [1.82, 2.24) is 20.2 Å². The lowest BCUT2D eigenvalue weighted by molar-refractivity contribution is -0.886. The van der Waals surface area contributed by atoms with Crippen molar-refractivity contribution in [2.24, 2.45) is 0 Å². The van der Waals surface area contributed by atoms with Crippen molar-refractivity contribution in [3.63, 3.8) is 0 Å². The molecule has 5 nitrogen and oxygen atoms in total. The zero-order valence-corrected chi connectivity index (χ0v) is 16.1. The van der Waals surface area contributed by atoms with E-state index >= 15 is 0 Å². The van der Waals surface area contributed by atoms with Gasteiger partial charge in [0.1, 0.15) is 6.04 Å². The predicted octanol–water partition coefficient (Wildman–Crippen LogP) is 2.54. The largest absolute Gasteiger partial charge is 0.327 e. The van der Waals surface area contributed by atoms with E-state index < -0.39 is 0 Å². The summed E-state index contributed by atoms with van der Waals surface area (Å²) >= 11 is 0. The first-order valence-electron chi connectivity index (χ1n) is 9.48. The summed E-state index contributed by atoms with van der Waals surface area (Å²) < 4.78 is 1.97. The van der Waals surface area contributed by atoms with Crippen LogP contribution < -0.4 is 4.90 Å². The van der Waals surface area contributed by atoms with Gasteiger partial charge in [-0.1, -0.05) is 91.0 Å². The number of hydrogen-bond donors (Lipinski definition) is 1. The maximum absolute atomic E-state index is 4.47. The van der Waals surface area contributed by atoms with E-state index in [0.29, 0.717) is 0 Å². The van der Waals surface area contributed by atoms with E-state index in [1.54, 1.807) is 0 Å². The van der Waals surface area contributed by atoms with Crippen molar-refractivity contribution in [2.75, 3.05) is 14.1 Å². The summed E-state index contributed by atoms with van der Waals surface area (Å²) in [6.45, 7) is 0. The van der Waals surface area contributed by atoms with Gasteiger partial charge in [-0.05, 0) is 21.6 Å². The summed E-state index contributed by atoms with van der Waals surface area (Å²) in [5.41, 5.74) is 3.50. The minimum absolute atomic E-state index is 0.0334. The van der Waals surface area contributed by atoms with Crippen molar-refractivity contribution >= 4 is 0 Å². The molecule has 4 aromatic rings. The number of nitrogens with zero attached hydrogens (tertiary/aromatic N) is 4. The highest BCUT2D eigenvalue weighted by atomic mass is 15.6. The molecule has 0 radical (unpaired) electrons. The summed E-state index contributed by atoms with van der Waals surface area (Å²) in [6.07, 6.45) is 0. The summed E-state index contributed by atoms with van der Waals surface area (Å²) in [5.74, 6) is 0.851. The summed E-state index contributed by atoms with van der Waals surface area (Å²) in [6, 6.07) is 31.2. The topological polar surface area (TPSA) is 48.0 Å². The van der Waals surface area contributed by atoms with E-state index in [-0.39, 0.29) is 12.1 Å². The van der Waals surface area contributed by atoms with Crippen molar-refractivity contribution < 1.29 is 4.90 Å². The smallest absolute Gasteiger partial charge is 0.215 e. The fourth-order valence-electron chi connectivity index (χ4n) is 3.71. The minimum Gasteiger partial charge on any atom is -0.327 e. The molecule has 140 valence electrons. The van der Waals surface area contributed by atoms with Gasteiger partial charge in [-0.15, -0.1) is 5.10 Å². The average molecular weight is 370 g/mol. The normalized spacial score (nSPS) is 12.4. The molecule has 3 aromatic carbocycles. The van der Waals surface area contributed by atoms with E-state index in [0.717, 1.165) is 17.0 Å². The molecular weight excluding hydrogens is 346 g/mol. The van der Waals surface area contributed by atoms with E-state index in [1.807, 2.05) is 22.9 Å². The molecule has 0 bridgehead atoms. The van der Waals surface area contributed by atoms with Gasteiger partial charge in [0, 0.05) is 5.56 Å². The second-order valence-electron chi connectivity index (χ2n) is 7.13. The SMILES string of the molecule is C[NH+](C)[C@@H](c1ccccc1)c1nnnn1C(c1ccccc1)c1ccccc1. The van der Waals surface area contributed by atoms with Crippen molar-refractivity contribution in [1.29, 1.82) is 0 Å². The monoisotopic (exact) mass is 370 g/mol. The lowest BCUT2D eigenvalue weighted by Crippen LogP contribution is -3.06. The quantitative estimate of drug-likeness (QED) is 0.567. The number of aromatic nitrogens is 4. The Kier molecular flexibility index (Phi) is 5.26. The standard InChI is InChI=1S/C23H23N5/c1-27(2)22(20-16-10-5-11-17-20)23-24-25-26-28(23)21(18-12-6-3-7-13-18)19-14-8-4-9-15-19/h3-17,21-22H,1-2H3/p+1/t22-/m0/s1. The second kappa shape index (κ2) is 8.15. The third-order valence-electron chi connectivity index (χ3n) is 4.96. The van der Waals surface area contributed by atoms with Crippen molar-refractivity contribution in [2.45, 2.75) is 12.1 Å². The van der Waals surface area contributed by atoms with Gasteiger partial charge in [0.25, 0.3) is 0 Å². The number of rotatable bonds is 6. The molecule has 0 amide bonds. The highest BCUT2D eigenvalue weighted by molar-refractivity contribution is 5.33. The summed E-state index contributed by atoms with van der Waals surface area (Å²) in [7, 11) is 4.27. The number of tetrazole rings is 1. The molecule has 1 heterocycles. The maximum atomic E-state index is 4.47. The summed E-state index contributed by atoms with van der Waals surface area (Å²) in [4.78, 5) is 1.25. The molecule has 0 fully saturated rings. The molecule has 4 rings (SSSR count). The zero-order valence-electron chi connectivity index (χ0n) is 16.1. The molecular formula is C23H24N5+. The molecule has 0 saturated carbocycles. The Balaban J connectivity index is 1.87. The van der Waals surface area contributed by atoms with Crippen LogP contribution in [0, 0.1) is 0 Å². The Bertz CT molecular complexity index is 957. The van der Waals surface area contributed by atoms with Crippen LogP contribution in [0.1, 0.15) is 34.6 Å². The van der Waals surface area contributed by atoms with Crippen LogP contribution in [-0.4, -0.2) is 34.3 Å². The molecule has 0 saturated heterocycles. The van der Waals surface area contributed by atoms with Gasteiger partial charge in [-0.3, -0.25) is 0 Å². The van der Waals surface area contributed by atoms with Crippen molar-refractivity contribution in [3.8, 4) is 0 Å². The number of hydrogen-bond acceptors (Lipinski definition) is 3. The molecule has 5 heteroatoms. The fourth-order valence-corrected chi connectivity index (χ4v) is 3.71. The molecule has 1 N–H and O–H groups in total. The highest BCUT2D eigenvalue weighted by Crippen LogP contribution is 2.28. The zero-order chi connectivity index (χ0) is 19.3. The first kappa shape index (κ1) is 18.1. The Morgan fingerprint density at radius 1 is 0.679 bits per heavy atom. The molecule has 0 aliphatic carbocycles. The third-order valence-corrected chi connectivity index (χ3v) is 4.96. The van der Waals surface area contributed by atoms with Gasteiger partial charge in [-0.2, -0.15) is 0 Å². The maximum Gasteiger partial charge on any atom is 0.215 e. The molecule has 1 aromatic heterocycles. The highest BCUT2D eigenvalue weighted by Gasteiger charge is 2.31. The van der Waals surface area contributed by atoms with Gasteiger partial charge in [0.05, 0.1) is 14.1 Å². The summed E-state index contributed by atoms with van der Waals surface area (Å²) in [5, 5.41) is 13.0. The van der Waals surface area contributed by atoms with Crippen LogP contribution in [0.3, 0.4) is 0 Å². The van der Waals surface area contributed by atoms with Crippen LogP contribution in [-0.2, 0) is 0 Å². The van der Waals surface area contributed by atoms with Crippen LogP contribution >= 0.6 is 0 Å². The van der Waals surface area contributed by atoms with E-state index in [4.69, 9.17) is 0 Å². The van der Waals surface area contributed by atoms with Crippen LogP contribution in [0.4, 0.5) is 0 Å². The Morgan fingerprint density at radius 3 is 1.61 bits per heavy atom. The van der Waals surface area contributed by atoms with Crippen LogP contribution in [0.25, 0.3) is 0 Å². The first-order valence-corrected chi connectivity index (χ1v) is 9.48. The van der Waals surface area contributed by atoms with Gasteiger partial charge >= 0.3 is 0 Å². The molecule has 28 heavy (non-hydrogen) atoms. The van der Waals surface area contributed by atoms with Gasteiger partial charge < -0.3 is 4.90 Å². The lowest BCUT2D eigenvalue weighted by atomic mass is 9.98. The van der Waals surface area contributed by atoms with E-state index in [9.17, 15) is 0 Å². The molecule has 0 aliphatic rings. The van der Waals surface area contributed by atoms with E-state index in [2.05, 4.69) is 102 Å². The molecule has 0 aliphatic heterocycles. The number of nitrogens with one attached hydrogen (secondary N) is 1. The fraction of sp³-hybridized carbons (Fsp3) is 0.174. The first-order chi connectivity index (χ1) is 13.8. The van der Waals surface area contributed by atoms with Gasteiger partial charge in [0.2, 0.25) is 5.82 Å². The molecule has 1 atom stereocenters. The van der Waals surface area contributed by atoms with Crippen molar-refractivity contribution in [3.05, 3.63) is 114 Å². The molecule has 0 unspecified atom stereocenters. The second-order valence-corrected chi connectivity index (χ2v) is 7.13. The number of quaternary nitrogens is 1. The Hall–Kier alpha value is -3.31. The predicted molar refractivity (Wildman–Crippen MR) is 109 cm³/mol. The Labute approximate surface area is 165 Å². The molecule has 0 spiro atoms. The average Bonchev–Trinajstić information content (AvgIpc) is 3.19. The van der Waals surface area contributed by atoms with Gasteiger partial charge in [0.15, 0.2) is 6.04 Å². The number of benzene rings is 3. The minimum atomic E-state index is -0.0852. The lowest BCUT2D eigenvalue weighted by Gasteiger charge is -2.25. The third kappa shape index (κ3) is 3.57.